The van der Waals surface area contributed by atoms with Crippen LogP contribution in [-0.2, 0) is 0 Å². The Kier molecular flexibility index (Phi) is 1450. The van der Waals surface area contributed by atoms with E-state index >= 15 is 0 Å². The third-order valence-corrected chi connectivity index (χ3v) is 0. The summed E-state index contributed by atoms with van der Waals surface area (Å²) in [6.45, 7) is 0. The molecule has 26 heavy (non-hydrogen) atoms. The molecule has 26 heteroatoms. The van der Waals surface area contributed by atoms with Gasteiger partial charge in [0.1, 0.15) is 0 Å². The third-order valence-electron chi connectivity index (χ3n) is 0. The molecule has 0 aliphatic heterocycles. The summed E-state index contributed by atoms with van der Waals surface area (Å²) in [6, 6.07) is 0. The van der Waals surface area contributed by atoms with Crippen molar-refractivity contribution in [2.75, 3.05) is 0 Å². The van der Waals surface area contributed by atoms with Crippen LogP contribution in [0.1, 0.15) is 0 Å². The molecule has 0 unspecified atom stereocenters. The van der Waals surface area contributed by atoms with E-state index in [0.717, 1.165) is 0 Å². The monoisotopic (exact) mass is 598 g/mol. The Balaban J connectivity index is 0. The number of hydrogen-bond donors (Lipinski definition) is 0. The molecule has 0 aromatic heterocycles. The average molecular weight is 598 g/mol. The smallest absolute Gasteiger partial charge is 0 e. The Bertz CT molecular complexity index is 0. The van der Waals surface area contributed by atoms with E-state index in [0.29, 0.717) is 0 Å². The normalized spacial score (nSPS) is 0. The Morgan fingerprint density at radius 3 is 0.0385 bits per heavy atom. The standard InChI is InChI=1S/26Na. The van der Waals surface area contributed by atoms with Gasteiger partial charge in [-0.3, -0.25) is 0 Å². The van der Waals surface area contributed by atoms with Crippen molar-refractivity contribution in [2.24, 2.45) is 0 Å². The van der Waals surface area contributed by atoms with E-state index < -0.39 is 0 Å². The average Bonchev–Trinajstić information content (AvgIpc) is 0. The van der Waals surface area contributed by atoms with Gasteiger partial charge in [-0.2, -0.15) is 0 Å². The summed E-state index contributed by atoms with van der Waals surface area (Å²) < 4.78 is 0. The van der Waals surface area contributed by atoms with Gasteiger partial charge < -0.3 is 0 Å². The van der Waals surface area contributed by atoms with Gasteiger partial charge in [0.15, 0.2) is 0 Å². The SMILES string of the molecule is [Na].[Na].[Na].[Na].[Na].[Na].[Na].[Na].[Na].[Na].[Na].[Na].[Na].[Na].[Na].[Na].[Na].[Na].[Na].[Na].[Na].[Na].[Na].[Na].[Na].[Na]. The van der Waals surface area contributed by atoms with Gasteiger partial charge in [0.05, 0.1) is 0 Å². The molecule has 0 atom stereocenters. The van der Waals surface area contributed by atoms with Crippen molar-refractivity contribution >= 4 is 768 Å². The Morgan fingerprint density at radius 1 is 0.0385 bits per heavy atom. The molecule has 0 saturated heterocycles. The van der Waals surface area contributed by atoms with Crippen molar-refractivity contribution in [3.63, 3.8) is 0 Å². The van der Waals surface area contributed by atoms with Crippen molar-refractivity contribution in [1.82, 2.24) is 0 Å². The molecule has 0 nitrogen and oxygen atoms in total. The zero-order chi connectivity index (χ0) is 0. The van der Waals surface area contributed by atoms with Gasteiger partial charge in [-0.1, -0.05) is 0 Å². The van der Waals surface area contributed by atoms with Crippen LogP contribution in [0.2, 0.25) is 0 Å². The molecule has 0 bridgehead atoms. The summed E-state index contributed by atoms with van der Waals surface area (Å²) in [5.74, 6) is 0. The van der Waals surface area contributed by atoms with Crippen molar-refractivity contribution in [2.45, 2.75) is 0 Å². The van der Waals surface area contributed by atoms with Gasteiger partial charge in [0.25, 0.3) is 0 Å². The predicted molar refractivity (Wildman–Crippen MR) is 150 cm³/mol. The molecule has 0 amide bonds. The Labute approximate surface area is 740 Å². The first-order valence-corrected chi connectivity index (χ1v) is 0. The van der Waals surface area contributed by atoms with E-state index in [2.05, 4.69) is 0 Å². The maximum atomic E-state index is 0. The second-order valence-corrected chi connectivity index (χ2v) is 0. The Morgan fingerprint density at radius 2 is 0.0385 bits per heavy atom. The first-order valence-electron chi connectivity index (χ1n) is 0. The summed E-state index contributed by atoms with van der Waals surface area (Å²) >= 11 is 0. The van der Waals surface area contributed by atoms with E-state index in [4.69, 9.17) is 0 Å². The summed E-state index contributed by atoms with van der Waals surface area (Å²) in [5.41, 5.74) is 0. The molecule has 0 aromatic carbocycles. The van der Waals surface area contributed by atoms with Crippen molar-refractivity contribution in [1.29, 1.82) is 0 Å². The van der Waals surface area contributed by atoms with Crippen LogP contribution in [0.15, 0.2) is 0 Å². The predicted octanol–water partition coefficient (Wildman–Crippen LogP) is -9.90. The molecule has 0 aliphatic rings. The van der Waals surface area contributed by atoms with E-state index in [1.54, 1.807) is 0 Å². The van der Waals surface area contributed by atoms with E-state index in [1.165, 1.54) is 0 Å². The molecule has 0 aromatic rings. The van der Waals surface area contributed by atoms with Crippen LogP contribution in [0.4, 0.5) is 0 Å². The minimum absolute atomic E-state index is 0. The van der Waals surface area contributed by atoms with Crippen LogP contribution in [-0.4, -0.2) is 768 Å². The molecule has 26 radical (unpaired) electrons. The molecular formula is Na26. The molecule has 0 fully saturated rings. The summed E-state index contributed by atoms with van der Waals surface area (Å²) in [4.78, 5) is 0. The molecule has 0 rings (SSSR count). The molecule has 26 valence electrons. The largest absolute Gasteiger partial charge is 0 e. The molecule has 0 heterocycles. The molecule has 0 saturated carbocycles. The fourth-order valence-corrected chi connectivity index (χ4v) is 0. The van der Waals surface area contributed by atoms with Crippen molar-refractivity contribution in [3.8, 4) is 0 Å². The van der Waals surface area contributed by atoms with Crippen LogP contribution in [0.25, 0.3) is 0 Å². The molecule has 0 spiro atoms. The number of hydrogen-bond acceptors (Lipinski definition) is 0. The van der Waals surface area contributed by atoms with Gasteiger partial charge in [0, 0.05) is 768 Å². The van der Waals surface area contributed by atoms with E-state index in [9.17, 15) is 0 Å². The van der Waals surface area contributed by atoms with Crippen LogP contribution in [0, 0.1) is 0 Å². The molecule has 0 N–H and O–H groups in total. The Hall–Kier alpha value is 26.0. The summed E-state index contributed by atoms with van der Waals surface area (Å²) in [7, 11) is 0. The van der Waals surface area contributed by atoms with Crippen LogP contribution in [0.3, 0.4) is 0 Å². The van der Waals surface area contributed by atoms with Gasteiger partial charge in [-0.05, 0) is 0 Å². The molecule has 0 aliphatic carbocycles. The van der Waals surface area contributed by atoms with Gasteiger partial charge >= 0.3 is 0 Å². The third kappa shape index (κ3) is 178. The first-order chi connectivity index (χ1) is 0. The van der Waals surface area contributed by atoms with Crippen LogP contribution >= 0.6 is 0 Å². The van der Waals surface area contributed by atoms with Gasteiger partial charge in [-0.15, -0.1) is 0 Å². The van der Waals surface area contributed by atoms with Crippen LogP contribution < -0.4 is 0 Å². The quantitative estimate of drug-likeness (QED) is 0.244. The minimum atomic E-state index is 0. The topological polar surface area (TPSA) is 0 Å². The summed E-state index contributed by atoms with van der Waals surface area (Å²) in [6.07, 6.45) is 0. The van der Waals surface area contributed by atoms with E-state index in [1.807, 2.05) is 0 Å². The molecular weight excluding hydrogens is 598 g/mol. The van der Waals surface area contributed by atoms with Gasteiger partial charge in [0.2, 0.25) is 0 Å². The van der Waals surface area contributed by atoms with Crippen LogP contribution in [0.5, 0.6) is 0 Å². The fraction of sp³-hybridized carbons (Fsp3) is 0. The number of rotatable bonds is 0. The summed E-state index contributed by atoms with van der Waals surface area (Å²) in [5, 5.41) is 0. The zero-order valence-corrected chi connectivity index (χ0v) is 78.0. The maximum Gasteiger partial charge on any atom is 0 e. The van der Waals surface area contributed by atoms with Gasteiger partial charge in [-0.25, -0.2) is 0 Å². The van der Waals surface area contributed by atoms with Crippen molar-refractivity contribution < 1.29 is 0 Å². The minimum Gasteiger partial charge on any atom is 0 e. The van der Waals surface area contributed by atoms with Crippen molar-refractivity contribution in [3.05, 3.63) is 0 Å². The fourth-order valence-electron chi connectivity index (χ4n) is 0. The zero-order valence-electron chi connectivity index (χ0n) is 26.0. The second-order valence-electron chi connectivity index (χ2n) is 0. The second kappa shape index (κ2) is 189. The van der Waals surface area contributed by atoms with E-state index in [-0.39, 0.29) is 768 Å². The first kappa shape index (κ1) is 200. The maximum absolute atomic E-state index is 0.